The molecule has 8 nitrogen and oxygen atoms in total. The van der Waals surface area contributed by atoms with Crippen molar-refractivity contribution in [1.29, 1.82) is 10.8 Å². The molecule has 0 aliphatic heterocycles. The average Bonchev–Trinajstić information content (AvgIpc) is 3.46. The molecule has 2 heterocycles. The number of hydrogen-bond acceptors (Lipinski definition) is 4. The molecular formula is C26H48N6O2. The Morgan fingerprint density at radius 1 is 0.588 bits per heavy atom. The van der Waals surface area contributed by atoms with E-state index in [0.29, 0.717) is 12.1 Å². The van der Waals surface area contributed by atoms with Crippen molar-refractivity contribution in [2.75, 3.05) is 0 Å². The second kappa shape index (κ2) is 17.3. The first-order valence-electron chi connectivity index (χ1n) is 13.8. The summed E-state index contributed by atoms with van der Waals surface area (Å²) < 4.78 is 13.8. The summed E-state index contributed by atoms with van der Waals surface area (Å²) >= 11 is 0. The first-order chi connectivity index (χ1) is 16.6. The molecule has 8 heteroatoms. The molecule has 0 spiro atoms. The zero-order valence-corrected chi connectivity index (χ0v) is 21.6. The Hall–Kier alpha value is -2.12. The van der Waals surface area contributed by atoms with Crippen LogP contribution in [-0.4, -0.2) is 0 Å². The second-order valence-electron chi connectivity index (χ2n) is 9.80. The quantitative estimate of drug-likeness (QED) is 0.191. The highest BCUT2D eigenvalue weighted by Crippen LogP contribution is 2.21. The van der Waals surface area contributed by atoms with Crippen molar-refractivity contribution in [1.82, 2.24) is 10.5 Å². The number of nitrogens with one attached hydrogen (secondary N) is 2. The molecule has 194 valence electrons. The predicted molar refractivity (Wildman–Crippen MR) is 129 cm³/mol. The molecule has 2 aromatic heterocycles. The molecule has 2 unspecified atom stereocenters. The van der Waals surface area contributed by atoms with Gasteiger partial charge in [-0.3, -0.25) is 21.4 Å². The zero-order chi connectivity index (χ0) is 24.4. The maximum Gasteiger partial charge on any atom is 0.264 e. The molecule has 0 saturated carbocycles. The molecule has 0 saturated heterocycles. The summed E-state index contributed by atoms with van der Waals surface area (Å²) in [7, 11) is 0. The third-order valence-electron chi connectivity index (χ3n) is 6.82. The van der Waals surface area contributed by atoms with Crippen molar-refractivity contribution in [3.05, 3.63) is 23.5 Å². The van der Waals surface area contributed by atoms with E-state index in [1.165, 1.54) is 77.0 Å². The van der Waals surface area contributed by atoms with Gasteiger partial charge in [-0.15, -0.1) is 0 Å². The molecule has 0 aromatic carbocycles. The molecule has 2 N–H and O–H groups in total. The van der Waals surface area contributed by atoms with Crippen molar-refractivity contribution in [2.45, 2.75) is 142 Å². The molecule has 0 aliphatic carbocycles. The van der Waals surface area contributed by atoms with E-state index in [0.717, 1.165) is 38.5 Å². The van der Waals surface area contributed by atoms with Crippen LogP contribution in [0.2, 0.25) is 0 Å². The van der Waals surface area contributed by atoms with E-state index >= 15 is 0 Å². The number of rotatable bonds is 21. The van der Waals surface area contributed by atoms with Crippen molar-refractivity contribution >= 4 is 0 Å². The van der Waals surface area contributed by atoms with Crippen LogP contribution in [-0.2, 0) is 0 Å². The van der Waals surface area contributed by atoms with E-state index in [1.807, 2.05) is 9.36 Å². The number of aromatic nitrogens is 4. The van der Waals surface area contributed by atoms with Gasteiger partial charge in [-0.05, 0) is 25.7 Å². The highest BCUT2D eigenvalue weighted by Gasteiger charge is 2.19. The highest BCUT2D eigenvalue weighted by atomic mass is 16.5. The van der Waals surface area contributed by atoms with Crippen molar-refractivity contribution in [3.8, 4) is 0 Å². The Morgan fingerprint density at radius 3 is 1.24 bits per heavy atom. The lowest BCUT2D eigenvalue weighted by atomic mass is 9.98. The fourth-order valence-electron chi connectivity index (χ4n) is 4.76. The minimum Gasteiger partial charge on any atom is -0.487 e. The van der Waals surface area contributed by atoms with E-state index in [4.69, 9.17) is 19.9 Å². The number of nitrogens with zero attached hydrogens (tertiary/aromatic N) is 4. The van der Waals surface area contributed by atoms with Crippen molar-refractivity contribution in [2.24, 2.45) is 0 Å². The smallest absolute Gasteiger partial charge is 0.264 e. The largest absolute Gasteiger partial charge is 0.487 e. The van der Waals surface area contributed by atoms with Gasteiger partial charge in [0, 0.05) is 25.7 Å². The van der Waals surface area contributed by atoms with Gasteiger partial charge in [0.2, 0.25) is 12.4 Å². The average molecular weight is 477 g/mol. The van der Waals surface area contributed by atoms with Gasteiger partial charge in [-0.25, -0.2) is 9.36 Å². The van der Waals surface area contributed by atoms with Crippen LogP contribution in [0.1, 0.15) is 142 Å². The molecular weight excluding hydrogens is 428 g/mol. The van der Waals surface area contributed by atoms with Crippen LogP contribution in [0, 0.1) is 10.8 Å². The summed E-state index contributed by atoms with van der Waals surface area (Å²) in [5.74, 6) is 0. The topological polar surface area (TPSA) is 110 Å². The van der Waals surface area contributed by atoms with E-state index in [2.05, 4.69) is 24.4 Å². The van der Waals surface area contributed by atoms with Gasteiger partial charge in [0.05, 0.1) is 0 Å². The summed E-state index contributed by atoms with van der Waals surface area (Å²) in [6.07, 6.45) is 25.3. The third kappa shape index (κ3) is 11.3. The highest BCUT2D eigenvalue weighted by molar-refractivity contribution is 4.59. The van der Waals surface area contributed by atoms with Gasteiger partial charge in [-0.1, -0.05) is 78.1 Å². The monoisotopic (exact) mass is 476 g/mol. The summed E-state index contributed by atoms with van der Waals surface area (Å²) in [5, 5.41) is 23.6. The number of hydrogen-bond donors (Lipinski definition) is 2. The van der Waals surface area contributed by atoms with Crippen LogP contribution in [0.25, 0.3) is 0 Å². The molecule has 0 bridgehead atoms. The zero-order valence-electron chi connectivity index (χ0n) is 21.6. The van der Waals surface area contributed by atoms with Gasteiger partial charge in [0.15, 0.2) is 0 Å². The third-order valence-corrected chi connectivity index (χ3v) is 6.82. The SMILES string of the molecule is CCCCCCCCC(CCCCC(CCCCCCCC)[n+]1cc(=N)o[n-]1)[n+]1cc(=N)o[n-]1. The Kier molecular flexibility index (Phi) is 14.3. The normalized spacial score (nSPS) is 13.4. The molecule has 0 fully saturated rings. The van der Waals surface area contributed by atoms with Gasteiger partial charge in [-0.2, -0.15) is 0 Å². The summed E-state index contributed by atoms with van der Waals surface area (Å²) in [6, 6.07) is 0.594. The first kappa shape index (κ1) is 28.1. The van der Waals surface area contributed by atoms with Crippen LogP contribution in [0.4, 0.5) is 0 Å². The van der Waals surface area contributed by atoms with Crippen molar-refractivity contribution in [3.63, 3.8) is 0 Å². The van der Waals surface area contributed by atoms with Crippen LogP contribution < -0.4 is 31.0 Å². The Balaban J connectivity index is 1.79. The lowest BCUT2D eigenvalue weighted by Crippen LogP contribution is -2.43. The molecule has 2 rings (SSSR count). The van der Waals surface area contributed by atoms with E-state index in [9.17, 15) is 0 Å². The minimum atomic E-state index is 0.126. The fourth-order valence-corrected chi connectivity index (χ4v) is 4.76. The Labute approximate surface area is 205 Å². The molecule has 0 amide bonds. The fraction of sp³-hybridized carbons (Fsp3) is 0.846. The lowest BCUT2D eigenvalue weighted by Gasteiger charge is -2.16. The summed E-state index contributed by atoms with van der Waals surface area (Å²) in [4.78, 5) is 0. The number of unbranched alkanes of at least 4 members (excludes halogenated alkanes) is 11. The lowest BCUT2D eigenvalue weighted by molar-refractivity contribution is -0.792. The molecule has 34 heavy (non-hydrogen) atoms. The van der Waals surface area contributed by atoms with Gasteiger partial charge >= 0.3 is 0 Å². The van der Waals surface area contributed by atoms with Crippen LogP contribution in [0.15, 0.2) is 21.4 Å². The van der Waals surface area contributed by atoms with Crippen molar-refractivity contribution < 1.29 is 18.4 Å². The summed E-state index contributed by atoms with van der Waals surface area (Å²) in [5.41, 5.74) is 0.251. The Bertz CT molecular complexity index is 781. The van der Waals surface area contributed by atoms with Gasteiger partial charge < -0.3 is 9.05 Å². The molecule has 0 radical (unpaired) electrons. The first-order valence-corrected chi connectivity index (χ1v) is 13.8. The minimum absolute atomic E-state index is 0.126. The van der Waals surface area contributed by atoms with Crippen LogP contribution >= 0.6 is 0 Å². The van der Waals surface area contributed by atoms with Gasteiger partial charge in [0.1, 0.15) is 12.1 Å². The van der Waals surface area contributed by atoms with E-state index in [-0.39, 0.29) is 11.1 Å². The molecule has 0 aliphatic rings. The predicted octanol–water partition coefficient (Wildman–Crippen LogP) is 5.16. The summed E-state index contributed by atoms with van der Waals surface area (Å²) in [6.45, 7) is 4.50. The maximum absolute atomic E-state index is 7.70. The van der Waals surface area contributed by atoms with Gasteiger partial charge in [0.25, 0.3) is 11.1 Å². The van der Waals surface area contributed by atoms with E-state index in [1.54, 1.807) is 12.4 Å². The molecule has 2 aromatic rings. The standard InChI is InChI=1S/C26H48N6O2/c1-3-5-7-9-11-13-17-23(31-21-25(27)33-29-31)19-15-16-20-24(32-22-26(28)34-30-32)18-14-12-10-8-6-4-2/h21-24,27-28H,3-20H2,1-2H3. The van der Waals surface area contributed by atoms with E-state index < -0.39 is 0 Å². The maximum atomic E-state index is 7.70. The molecule has 2 atom stereocenters. The second-order valence-corrected chi connectivity index (χ2v) is 9.80. The van der Waals surface area contributed by atoms with Crippen LogP contribution in [0.5, 0.6) is 0 Å². The Morgan fingerprint density at radius 2 is 0.912 bits per heavy atom. The van der Waals surface area contributed by atoms with Crippen LogP contribution in [0.3, 0.4) is 0 Å².